The van der Waals surface area contributed by atoms with E-state index in [4.69, 9.17) is 0 Å². The standard InChI is InChI=1S/C14H15FN4O/c1-9-2-3-10(15)6-11(9)14(20)18-13-8-17-12-7-16-4-5-19(12)13/h2-3,6,8,16H,4-5,7H2,1H3,(H,18,20). The van der Waals surface area contributed by atoms with E-state index in [0.717, 1.165) is 24.5 Å². The average molecular weight is 274 g/mol. The summed E-state index contributed by atoms with van der Waals surface area (Å²) in [6, 6.07) is 4.19. The van der Waals surface area contributed by atoms with Gasteiger partial charge in [0.05, 0.1) is 12.7 Å². The lowest BCUT2D eigenvalue weighted by atomic mass is 10.1. The van der Waals surface area contributed by atoms with Gasteiger partial charge in [-0.2, -0.15) is 0 Å². The Morgan fingerprint density at radius 3 is 3.20 bits per heavy atom. The number of amides is 1. The van der Waals surface area contributed by atoms with Crippen molar-refractivity contribution in [2.24, 2.45) is 0 Å². The lowest BCUT2D eigenvalue weighted by molar-refractivity contribution is 0.102. The second kappa shape index (κ2) is 5.05. The van der Waals surface area contributed by atoms with Crippen LogP contribution in [0.2, 0.25) is 0 Å². The maximum Gasteiger partial charge on any atom is 0.257 e. The number of anilines is 1. The molecule has 1 aromatic heterocycles. The van der Waals surface area contributed by atoms with Crippen molar-refractivity contribution >= 4 is 11.7 Å². The number of carbonyl (C=O) groups is 1. The van der Waals surface area contributed by atoms with Gasteiger partial charge in [-0.1, -0.05) is 6.07 Å². The van der Waals surface area contributed by atoms with Gasteiger partial charge < -0.3 is 15.2 Å². The molecule has 1 aliphatic rings. The minimum atomic E-state index is -0.416. The van der Waals surface area contributed by atoms with Crippen molar-refractivity contribution < 1.29 is 9.18 Å². The molecule has 1 aliphatic heterocycles. The molecule has 0 fully saturated rings. The monoisotopic (exact) mass is 274 g/mol. The van der Waals surface area contributed by atoms with Crippen LogP contribution in [0.4, 0.5) is 10.2 Å². The summed E-state index contributed by atoms with van der Waals surface area (Å²) in [5.74, 6) is 0.807. The Hall–Kier alpha value is -2.21. The largest absolute Gasteiger partial charge is 0.312 e. The molecule has 20 heavy (non-hydrogen) atoms. The van der Waals surface area contributed by atoms with Crippen molar-refractivity contribution in [3.8, 4) is 0 Å². The second-order valence-electron chi connectivity index (χ2n) is 4.80. The summed E-state index contributed by atoms with van der Waals surface area (Å²) in [4.78, 5) is 16.5. The van der Waals surface area contributed by atoms with Gasteiger partial charge in [-0.05, 0) is 24.6 Å². The molecule has 0 bridgehead atoms. The summed E-state index contributed by atoms with van der Waals surface area (Å²) in [5, 5.41) is 6.01. The van der Waals surface area contributed by atoms with E-state index in [0.29, 0.717) is 17.9 Å². The number of rotatable bonds is 2. The highest BCUT2D eigenvalue weighted by atomic mass is 19.1. The lowest BCUT2D eigenvalue weighted by Crippen LogP contribution is -2.29. The van der Waals surface area contributed by atoms with E-state index in [1.165, 1.54) is 12.1 Å². The molecule has 0 aliphatic carbocycles. The van der Waals surface area contributed by atoms with Crippen LogP contribution in [0.15, 0.2) is 24.4 Å². The fraction of sp³-hybridized carbons (Fsp3) is 0.286. The molecule has 0 saturated carbocycles. The zero-order chi connectivity index (χ0) is 14.1. The molecule has 104 valence electrons. The Kier molecular flexibility index (Phi) is 3.23. The van der Waals surface area contributed by atoms with E-state index in [1.54, 1.807) is 19.2 Å². The number of hydrogen-bond acceptors (Lipinski definition) is 3. The van der Waals surface area contributed by atoms with Crippen molar-refractivity contribution in [3.05, 3.63) is 47.2 Å². The minimum Gasteiger partial charge on any atom is -0.312 e. The van der Waals surface area contributed by atoms with Gasteiger partial charge >= 0.3 is 0 Å². The number of aromatic nitrogens is 2. The lowest BCUT2D eigenvalue weighted by Gasteiger charge is -2.17. The van der Waals surface area contributed by atoms with Gasteiger partial charge in [-0.25, -0.2) is 9.37 Å². The highest BCUT2D eigenvalue weighted by Crippen LogP contribution is 2.17. The van der Waals surface area contributed by atoms with Crippen LogP contribution in [0, 0.1) is 12.7 Å². The fourth-order valence-corrected chi connectivity index (χ4v) is 2.32. The first-order chi connectivity index (χ1) is 9.65. The van der Waals surface area contributed by atoms with Crippen molar-refractivity contribution in [1.29, 1.82) is 0 Å². The number of fused-ring (bicyclic) bond motifs is 1. The third kappa shape index (κ3) is 2.30. The van der Waals surface area contributed by atoms with Crippen molar-refractivity contribution in [2.75, 3.05) is 11.9 Å². The minimum absolute atomic E-state index is 0.316. The molecule has 1 aromatic carbocycles. The summed E-state index contributed by atoms with van der Waals surface area (Å²) >= 11 is 0. The maximum atomic E-state index is 13.3. The van der Waals surface area contributed by atoms with Gasteiger partial charge in [0.2, 0.25) is 0 Å². The van der Waals surface area contributed by atoms with E-state index in [2.05, 4.69) is 15.6 Å². The van der Waals surface area contributed by atoms with Gasteiger partial charge in [0.25, 0.3) is 5.91 Å². The van der Waals surface area contributed by atoms with Crippen LogP contribution in [-0.4, -0.2) is 22.0 Å². The van der Waals surface area contributed by atoms with E-state index in [-0.39, 0.29) is 5.91 Å². The zero-order valence-electron chi connectivity index (χ0n) is 11.1. The number of nitrogens with zero attached hydrogens (tertiary/aromatic N) is 2. The molecule has 2 heterocycles. The molecule has 6 heteroatoms. The number of imidazole rings is 1. The first kappa shape index (κ1) is 12.8. The number of benzene rings is 1. The van der Waals surface area contributed by atoms with Gasteiger partial charge in [0.1, 0.15) is 17.5 Å². The average Bonchev–Trinajstić information content (AvgIpc) is 2.85. The molecule has 0 saturated heterocycles. The van der Waals surface area contributed by atoms with E-state index in [9.17, 15) is 9.18 Å². The number of hydrogen-bond donors (Lipinski definition) is 2. The predicted octanol–water partition coefficient (Wildman–Crippen LogP) is 1.69. The van der Waals surface area contributed by atoms with Crippen LogP contribution in [0.1, 0.15) is 21.7 Å². The van der Waals surface area contributed by atoms with Gasteiger partial charge in [0, 0.05) is 18.7 Å². The molecule has 5 nitrogen and oxygen atoms in total. The van der Waals surface area contributed by atoms with Crippen LogP contribution >= 0.6 is 0 Å². The Balaban J connectivity index is 1.86. The third-order valence-corrected chi connectivity index (χ3v) is 3.42. The van der Waals surface area contributed by atoms with Gasteiger partial charge in [-0.3, -0.25) is 4.79 Å². The number of aryl methyl sites for hydroxylation is 1. The molecule has 1 amide bonds. The smallest absolute Gasteiger partial charge is 0.257 e. The number of carbonyl (C=O) groups excluding carboxylic acids is 1. The second-order valence-corrected chi connectivity index (χ2v) is 4.80. The molecular formula is C14H15FN4O. The molecule has 0 unspecified atom stereocenters. The van der Waals surface area contributed by atoms with E-state index >= 15 is 0 Å². The molecule has 0 atom stereocenters. The summed E-state index contributed by atoms with van der Waals surface area (Å²) in [6.07, 6.45) is 1.63. The van der Waals surface area contributed by atoms with Crippen molar-refractivity contribution in [1.82, 2.24) is 14.9 Å². The normalized spacial score (nSPS) is 13.9. The van der Waals surface area contributed by atoms with Crippen LogP contribution < -0.4 is 10.6 Å². The quantitative estimate of drug-likeness (QED) is 0.876. The molecule has 3 rings (SSSR count). The fourth-order valence-electron chi connectivity index (χ4n) is 2.32. The van der Waals surface area contributed by atoms with E-state index in [1.807, 2.05) is 4.57 Å². The third-order valence-electron chi connectivity index (χ3n) is 3.42. The van der Waals surface area contributed by atoms with Crippen LogP contribution in [0.5, 0.6) is 0 Å². The van der Waals surface area contributed by atoms with Crippen LogP contribution in [0.25, 0.3) is 0 Å². The van der Waals surface area contributed by atoms with E-state index < -0.39 is 5.82 Å². The van der Waals surface area contributed by atoms with Crippen molar-refractivity contribution in [3.63, 3.8) is 0 Å². The SMILES string of the molecule is Cc1ccc(F)cc1C(=O)Nc1cnc2n1CCNC2. The highest BCUT2D eigenvalue weighted by Gasteiger charge is 2.17. The first-order valence-electron chi connectivity index (χ1n) is 6.48. The first-order valence-corrected chi connectivity index (χ1v) is 6.48. The topological polar surface area (TPSA) is 59.0 Å². The molecule has 2 N–H and O–H groups in total. The summed E-state index contributed by atoms with van der Waals surface area (Å²) in [5.41, 5.74) is 1.08. The summed E-state index contributed by atoms with van der Waals surface area (Å²) in [6.45, 7) is 4.07. The molecule has 2 aromatic rings. The van der Waals surface area contributed by atoms with Gasteiger partial charge in [-0.15, -0.1) is 0 Å². The molecular weight excluding hydrogens is 259 g/mol. The predicted molar refractivity (Wildman–Crippen MR) is 73.0 cm³/mol. The Bertz CT molecular complexity index is 665. The van der Waals surface area contributed by atoms with Crippen LogP contribution in [0.3, 0.4) is 0 Å². The zero-order valence-corrected chi connectivity index (χ0v) is 11.1. The summed E-state index contributed by atoms with van der Waals surface area (Å²) < 4.78 is 15.2. The summed E-state index contributed by atoms with van der Waals surface area (Å²) in [7, 11) is 0. The Labute approximate surface area is 115 Å². The maximum absolute atomic E-state index is 13.3. The Morgan fingerprint density at radius 1 is 1.50 bits per heavy atom. The molecule has 0 spiro atoms. The van der Waals surface area contributed by atoms with Crippen LogP contribution in [-0.2, 0) is 13.1 Å². The van der Waals surface area contributed by atoms with Crippen molar-refractivity contribution in [2.45, 2.75) is 20.0 Å². The Morgan fingerprint density at radius 2 is 2.35 bits per heavy atom. The number of nitrogens with one attached hydrogen (secondary N) is 2. The number of halogens is 1. The van der Waals surface area contributed by atoms with Gasteiger partial charge in [0.15, 0.2) is 0 Å². The molecule has 0 radical (unpaired) electrons. The highest BCUT2D eigenvalue weighted by molar-refractivity contribution is 6.04.